The van der Waals surface area contributed by atoms with E-state index >= 15 is 0 Å². The molecule has 1 heterocycles. The topological polar surface area (TPSA) is 92.6 Å². The smallest absolute Gasteiger partial charge is 0.282 e. The molecule has 3 aromatic rings. The number of hydrogen-bond acceptors (Lipinski definition) is 5. The van der Waals surface area contributed by atoms with Gasteiger partial charge in [-0.15, -0.1) is 0 Å². The zero-order chi connectivity index (χ0) is 23.9. The molecule has 1 aliphatic heterocycles. The Morgan fingerprint density at radius 1 is 0.788 bits per heavy atom. The quantitative estimate of drug-likeness (QED) is 0.333. The zero-order valence-corrected chi connectivity index (χ0v) is 18.8. The van der Waals surface area contributed by atoms with Crippen LogP contribution in [-0.4, -0.2) is 16.7 Å². The summed E-state index contributed by atoms with van der Waals surface area (Å²) in [6, 6.07) is 16.8. The van der Waals surface area contributed by atoms with Gasteiger partial charge in [0.05, 0.1) is 16.2 Å². The summed E-state index contributed by atoms with van der Waals surface area (Å²) in [5.41, 5.74) is 5.85. The first-order valence-corrected chi connectivity index (χ1v) is 10.5. The van der Waals surface area contributed by atoms with E-state index in [0.29, 0.717) is 16.9 Å². The molecule has 0 aliphatic carbocycles. The number of aryl methyl sites for hydroxylation is 4. The fourth-order valence-electron chi connectivity index (χ4n) is 3.85. The van der Waals surface area contributed by atoms with E-state index in [0.717, 1.165) is 27.2 Å². The summed E-state index contributed by atoms with van der Waals surface area (Å²) in [7, 11) is 0. The molecule has 0 spiro atoms. The normalized spacial score (nSPS) is 13.6. The first-order chi connectivity index (χ1) is 15.7. The Hall–Kier alpha value is -4.26. The van der Waals surface area contributed by atoms with Crippen LogP contribution in [0.25, 0.3) is 5.57 Å². The Kier molecular flexibility index (Phi) is 5.55. The van der Waals surface area contributed by atoms with Crippen molar-refractivity contribution in [2.45, 2.75) is 27.7 Å². The van der Waals surface area contributed by atoms with E-state index in [9.17, 15) is 19.7 Å². The lowest BCUT2D eigenvalue weighted by atomic mass is 10.0. The van der Waals surface area contributed by atoms with Crippen molar-refractivity contribution in [1.29, 1.82) is 0 Å². The molecule has 0 bridgehead atoms. The molecule has 7 nitrogen and oxygen atoms in total. The average molecular weight is 441 g/mol. The SMILES string of the molecule is Cc1ccc(NC2=C(c3ccc([N+](=O)[O-])cc3)C(=O)N(c3ccc(C)c(C)c3)C2=O)c(C)c1. The molecule has 166 valence electrons. The first kappa shape index (κ1) is 22.0. The fourth-order valence-corrected chi connectivity index (χ4v) is 3.85. The number of nitrogens with zero attached hydrogens (tertiary/aromatic N) is 2. The standard InChI is InChI=1S/C26H23N3O4/c1-15-5-12-22(18(4)13-15)27-24-23(19-7-10-20(11-8-19)29(32)33)25(30)28(26(24)31)21-9-6-16(2)17(3)14-21/h5-14,27H,1-4H3. The molecule has 0 saturated carbocycles. The molecule has 1 N–H and O–H groups in total. The molecular weight excluding hydrogens is 418 g/mol. The third-order valence-electron chi connectivity index (χ3n) is 5.84. The van der Waals surface area contributed by atoms with Gasteiger partial charge in [0, 0.05) is 17.8 Å². The molecule has 0 radical (unpaired) electrons. The van der Waals surface area contributed by atoms with Crippen LogP contribution in [0.2, 0.25) is 0 Å². The predicted molar refractivity (Wildman–Crippen MR) is 128 cm³/mol. The van der Waals surface area contributed by atoms with E-state index < -0.39 is 16.7 Å². The van der Waals surface area contributed by atoms with Gasteiger partial charge in [0.15, 0.2) is 0 Å². The van der Waals surface area contributed by atoms with Crippen LogP contribution in [0.1, 0.15) is 27.8 Å². The summed E-state index contributed by atoms with van der Waals surface area (Å²) in [4.78, 5) is 38.8. The second-order valence-electron chi connectivity index (χ2n) is 8.21. The van der Waals surface area contributed by atoms with Crippen LogP contribution in [0.5, 0.6) is 0 Å². The highest BCUT2D eigenvalue weighted by molar-refractivity contribution is 6.46. The summed E-state index contributed by atoms with van der Waals surface area (Å²) in [5.74, 6) is -0.957. The van der Waals surface area contributed by atoms with Crippen molar-refractivity contribution in [2.24, 2.45) is 0 Å². The number of nitrogens with one attached hydrogen (secondary N) is 1. The number of rotatable bonds is 5. The molecular formula is C26H23N3O4. The highest BCUT2D eigenvalue weighted by Gasteiger charge is 2.40. The number of carbonyl (C=O) groups is 2. The maximum absolute atomic E-state index is 13.5. The van der Waals surface area contributed by atoms with Crippen LogP contribution in [0.3, 0.4) is 0 Å². The Morgan fingerprint density at radius 2 is 1.48 bits per heavy atom. The maximum Gasteiger partial charge on any atom is 0.282 e. The lowest BCUT2D eigenvalue weighted by molar-refractivity contribution is -0.384. The van der Waals surface area contributed by atoms with Crippen molar-refractivity contribution in [2.75, 3.05) is 10.2 Å². The molecule has 0 fully saturated rings. The van der Waals surface area contributed by atoms with Crippen molar-refractivity contribution in [1.82, 2.24) is 0 Å². The van der Waals surface area contributed by atoms with Crippen molar-refractivity contribution < 1.29 is 14.5 Å². The molecule has 1 aliphatic rings. The molecule has 4 rings (SSSR count). The van der Waals surface area contributed by atoms with E-state index in [1.165, 1.54) is 24.3 Å². The largest absolute Gasteiger partial charge is 0.350 e. The van der Waals surface area contributed by atoms with Crippen LogP contribution in [0.15, 0.2) is 66.4 Å². The Bertz CT molecular complexity index is 1340. The number of imide groups is 1. The summed E-state index contributed by atoms with van der Waals surface area (Å²) in [6.07, 6.45) is 0. The van der Waals surface area contributed by atoms with Crippen LogP contribution in [0, 0.1) is 37.8 Å². The van der Waals surface area contributed by atoms with Gasteiger partial charge in [-0.2, -0.15) is 0 Å². The van der Waals surface area contributed by atoms with Gasteiger partial charge in [-0.3, -0.25) is 19.7 Å². The van der Waals surface area contributed by atoms with Crippen molar-refractivity contribution in [3.05, 3.63) is 104 Å². The second kappa shape index (κ2) is 8.35. The van der Waals surface area contributed by atoms with E-state index in [1.54, 1.807) is 12.1 Å². The van der Waals surface area contributed by atoms with E-state index in [-0.39, 0.29) is 17.0 Å². The number of non-ortho nitro benzene ring substituents is 1. The molecule has 7 heteroatoms. The van der Waals surface area contributed by atoms with Crippen LogP contribution >= 0.6 is 0 Å². The number of carbonyl (C=O) groups excluding carboxylic acids is 2. The minimum Gasteiger partial charge on any atom is -0.350 e. The third-order valence-corrected chi connectivity index (χ3v) is 5.84. The van der Waals surface area contributed by atoms with Crippen molar-refractivity contribution >= 4 is 34.4 Å². The molecule has 33 heavy (non-hydrogen) atoms. The van der Waals surface area contributed by atoms with Gasteiger partial charge in [-0.05, 0) is 80.3 Å². The fraction of sp³-hybridized carbons (Fsp3) is 0.154. The number of anilines is 2. The molecule has 3 aromatic carbocycles. The Balaban J connectivity index is 1.84. The number of nitro benzene ring substituents is 1. The second-order valence-corrected chi connectivity index (χ2v) is 8.21. The van der Waals surface area contributed by atoms with Crippen molar-refractivity contribution in [3.63, 3.8) is 0 Å². The highest BCUT2D eigenvalue weighted by Crippen LogP contribution is 2.35. The molecule has 0 atom stereocenters. The summed E-state index contributed by atoms with van der Waals surface area (Å²) in [6.45, 7) is 7.78. The monoisotopic (exact) mass is 441 g/mol. The molecule has 0 saturated heterocycles. The molecule has 0 aromatic heterocycles. The lowest BCUT2D eigenvalue weighted by Gasteiger charge is -2.17. The molecule has 0 unspecified atom stereocenters. The third kappa shape index (κ3) is 4.01. The minimum atomic E-state index is -0.504. The average Bonchev–Trinajstić information content (AvgIpc) is 3.01. The van der Waals surface area contributed by atoms with Gasteiger partial charge in [-0.1, -0.05) is 23.8 Å². The summed E-state index contributed by atoms with van der Waals surface area (Å²) < 4.78 is 0. The summed E-state index contributed by atoms with van der Waals surface area (Å²) in [5, 5.41) is 14.2. The minimum absolute atomic E-state index is 0.0916. The van der Waals surface area contributed by atoms with E-state index in [2.05, 4.69) is 5.32 Å². The van der Waals surface area contributed by atoms with Gasteiger partial charge in [0.1, 0.15) is 5.70 Å². The van der Waals surface area contributed by atoms with Crippen LogP contribution < -0.4 is 10.2 Å². The van der Waals surface area contributed by atoms with Gasteiger partial charge in [0.2, 0.25) is 0 Å². The predicted octanol–water partition coefficient (Wildman–Crippen LogP) is 5.23. The highest BCUT2D eigenvalue weighted by atomic mass is 16.6. The Morgan fingerprint density at radius 3 is 2.09 bits per heavy atom. The number of nitro groups is 1. The molecule has 2 amide bonds. The van der Waals surface area contributed by atoms with Gasteiger partial charge >= 0.3 is 0 Å². The summed E-state index contributed by atoms with van der Waals surface area (Å²) >= 11 is 0. The van der Waals surface area contributed by atoms with Crippen LogP contribution in [0.4, 0.5) is 17.1 Å². The van der Waals surface area contributed by atoms with Gasteiger partial charge in [-0.25, -0.2) is 4.90 Å². The van der Waals surface area contributed by atoms with Crippen molar-refractivity contribution in [3.8, 4) is 0 Å². The van der Waals surface area contributed by atoms with Gasteiger partial charge < -0.3 is 5.32 Å². The van der Waals surface area contributed by atoms with Gasteiger partial charge in [0.25, 0.3) is 17.5 Å². The van der Waals surface area contributed by atoms with Crippen LogP contribution in [-0.2, 0) is 9.59 Å². The van der Waals surface area contributed by atoms with E-state index in [4.69, 9.17) is 0 Å². The lowest BCUT2D eigenvalue weighted by Crippen LogP contribution is -2.32. The Labute approximate surface area is 191 Å². The number of hydrogen-bond donors (Lipinski definition) is 1. The van der Waals surface area contributed by atoms with E-state index in [1.807, 2.05) is 52.0 Å². The number of benzene rings is 3. The maximum atomic E-state index is 13.5. The number of amides is 2. The first-order valence-electron chi connectivity index (χ1n) is 10.5. The zero-order valence-electron chi connectivity index (χ0n) is 18.8.